The van der Waals surface area contributed by atoms with E-state index in [2.05, 4.69) is 15.2 Å². The van der Waals surface area contributed by atoms with Gasteiger partial charge in [-0.05, 0) is 66.2 Å². The van der Waals surface area contributed by atoms with Crippen LogP contribution in [0.5, 0.6) is 5.75 Å². The third kappa shape index (κ3) is 5.16. The average molecular weight is 499 g/mol. The number of alkyl halides is 6. The maximum atomic E-state index is 14.0. The molecular weight excluding hydrogens is 483 g/mol. The molecule has 0 radical (unpaired) electrons. The Morgan fingerprint density at radius 1 is 0.886 bits per heavy atom. The van der Waals surface area contributed by atoms with Gasteiger partial charge in [0.15, 0.2) is 0 Å². The summed E-state index contributed by atoms with van der Waals surface area (Å²) in [4.78, 5) is 0. The van der Waals surface area contributed by atoms with Crippen molar-refractivity contribution in [2.45, 2.75) is 18.1 Å². The lowest BCUT2D eigenvalue weighted by Gasteiger charge is -2.31. The smallest absolute Gasteiger partial charge is 0.406 e. The molecule has 3 aromatic carbocycles. The first-order chi connectivity index (χ1) is 16.4. The second-order valence-corrected chi connectivity index (χ2v) is 7.59. The van der Waals surface area contributed by atoms with Gasteiger partial charge in [-0.3, -0.25) is 0 Å². The fraction of sp³-hybridized carbons (Fsp3) is 0.174. The summed E-state index contributed by atoms with van der Waals surface area (Å²) in [5, 5.41) is 17.5. The third-order valence-corrected chi connectivity index (χ3v) is 5.22. The number of fused-ring (bicyclic) bond motifs is 1. The van der Waals surface area contributed by atoms with Gasteiger partial charge in [0.05, 0.1) is 23.9 Å². The first kappa shape index (κ1) is 24.3. The quantitative estimate of drug-likeness (QED) is 0.323. The van der Waals surface area contributed by atoms with E-state index in [1.54, 1.807) is 0 Å². The molecule has 12 heteroatoms. The minimum Gasteiger partial charge on any atom is -0.406 e. The molecule has 0 saturated heterocycles. The normalized spacial score (nSPS) is 14.1. The molecule has 4 aromatic rings. The summed E-state index contributed by atoms with van der Waals surface area (Å²) in [5.74, 6) is -1.00. The van der Waals surface area contributed by atoms with Crippen molar-refractivity contribution in [2.75, 3.05) is 11.9 Å². The predicted octanol–water partition coefficient (Wildman–Crippen LogP) is 5.93. The Labute approximate surface area is 193 Å². The summed E-state index contributed by atoms with van der Waals surface area (Å²) in [6.07, 6.45) is -8.69. The largest absolute Gasteiger partial charge is 0.573 e. The molecule has 4 rings (SSSR count). The summed E-state index contributed by atoms with van der Waals surface area (Å²) >= 11 is 0. The zero-order valence-corrected chi connectivity index (χ0v) is 17.5. The van der Waals surface area contributed by atoms with Crippen LogP contribution in [0.4, 0.5) is 36.4 Å². The molecule has 0 aliphatic carbocycles. The number of hydrogen-bond acceptors (Lipinski definition) is 4. The Balaban J connectivity index is 1.60. The average Bonchev–Trinajstić information content (AvgIpc) is 3.20. The zero-order chi connectivity index (χ0) is 25.4. The lowest BCUT2D eigenvalue weighted by molar-refractivity contribution is -0.274. The lowest BCUT2D eigenvalue weighted by atomic mass is 9.92. The van der Waals surface area contributed by atoms with Gasteiger partial charge in [-0.25, -0.2) is 9.07 Å². The van der Waals surface area contributed by atoms with Crippen LogP contribution in [0.3, 0.4) is 0 Å². The molecule has 1 heterocycles. The predicted molar refractivity (Wildman–Crippen MR) is 113 cm³/mol. The van der Waals surface area contributed by atoms with Crippen LogP contribution in [0.15, 0.2) is 72.9 Å². The maximum absolute atomic E-state index is 14.0. The molecule has 0 bridgehead atoms. The summed E-state index contributed by atoms with van der Waals surface area (Å²) in [5.41, 5.74) is -2.86. The van der Waals surface area contributed by atoms with E-state index in [1.165, 1.54) is 41.2 Å². The molecule has 1 atom stereocenters. The summed E-state index contributed by atoms with van der Waals surface area (Å²) in [7, 11) is 0. The zero-order valence-electron chi connectivity index (χ0n) is 17.5. The van der Waals surface area contributed by atoms with Gasteiger partial charge < -0.3 is 15.2 Å². The minimum atomic E-state index is -5.10. The molecule has 184 valence electrons. The Morgan fingerprint density at radius 3 is 2.14 bits per heavy atom. The summed E-state index contributed by atoms with van der Waals surface area (Å²) < 4.78 is 97.0. The number of nitrogens with zero attached hydrogens (tertiary/aromatic N) is 2. The van der Waals surface area contributed by atoms with Gasteiger partial charge in [-0.15, -0.1) is 13.2 Å². The van der Waals surface area contributed by atoms with Crippen molar-refractivity contribution in [1.82, 2.24) is 9.78 Å². The highest BCUT2D eigenvalue weighted by Crippen LogP contribution is 2.40. The molecule has 35 heavy (non-hydrogen) atoms. The van der Waals surface area contributed by atoms with E-state index >= 15 is 0 Å². The fourth-order valence-corrected chi connectivity index (χ4v) is 3.45. The highest BCUT2D eigenvalue weighted by atomic mass is 19.4. The van der Waals surface area contributed by atoms with Crippen LogP contribution < -0.4 is 10.1 Å². The number of aliphatic hydroxyl groups is 1. The molecule has 5 nitrogen and oxygen atoms in total. The first-order valence-corrected chi connectivity index (χ1v) is 9.99. The molecule has 2 N–H and O–H groups in total. The van der Waals surface area contributed by atoms with E-state index in [-0.39, 0.29) is 5.69 Å². The highest BCUT2D eigenvalue weighted by molar-refractivity contribution is 5.81. The number of halogens is 7. The first-order valence-electron chi connectivity index (χ1n) is 9.99. The molecular formula is C23H16F7N3O2. The molecule has 1 aromatic heterocycles. The van der Waals surface area contributed by atoms with E-state index < -0.39 is 41.8 Å². The fourth-order valence-electron chi connectivity index (χ4n) is 3.45. The van der Waals surface area contributed by atoms with Gasteiger partial charge in [-0.2, -0.15) is 18.3 Å². The van der Waals surface area contributed by atoms with Crippen molar-refractivity contribution in [2.24, 2.45) is 0 Å². The van der Waals surface area contributed by atoms with Crippen LogP contribution in [0, 0.1) is 5.82 Å². The lowest BCUT2D eigenvalue weighted by Crippen LogP contribution is -2.47. The highest BCUT2D eigenvalue weighted by Gasteiger charge is 2.55. The van der Waals surface area contributed by atoms with Crippen LogP contribution in [-0.4, -0.2) is 34.0 Å². The van der Waals surface area contributed by atoms with Crippen LogP contribution >= 0.6 is 0 Å². The Bertz CT molecular complexity index is 1320. The van der Waals surface area contributed by atoms with Crippen molar-refractivity contribution < 1.29 is 40.6 Å². The monoisotopic (exact) mass is 499 g/mol. The SMILES string of the molecule is OC(CNc1ccc(OC(F)(F)F)cc1)(c1ccc2c(cnn2-c2ccc(F)cc2)c1)C(F)(F)F. The van der Waals surface area contributed by atoms with Crippen LogP contribution in [-0.2, 0) is 5.60 Å². The van der Waals surface area contributed by atoms with Crippen LogP contribution in [0.25, 0.3) is 16.6 Å². The number of ether oxygens (including phenoxy) is 1. The number of aromatic nitrogens is 2. The van der Waals surface area contributed by atoms with Crippen molar-refractivity contribution in [3.05, 3.63) is 84.3 Å². The maximum Gasteiger partial charge on any atom is 0.573 e. The Kier molecular flexibility index (Phi) is 6.09. The number of rotatable bonds is 6. The Hall–Kier alpha value is -3.80. The van der Waals surface area contributed by atoms with Crippen molar-refractivity contribution in [3.8, 4) is 11.4 Å². The summed E-state index contributed by atoms with van der Waals surface area (Å²) in [6.45, 7) is -1.02. The van der Waals surface area contributed by atoms with Crippen molar-refractivity contribution in [3.63, 3.8) is 0 Å². The van der Waals surface area contributed by atoms with E-state index in [0.29, 0.717) is 16.6 Å². The number of benzene rings is 3. The minimum absolute atomic E-state index is 0.0346. The summed E-state index contributed by atoms with van der Waals surface area (Å²) in [6, 6.07) is 13.0. The van der Waals surface area contributed by atoms with Gasteiger partial charge >= 0.3 is 12.5 Å². The van der Waals surface area contributed by atoms with Crippen LogP contribution in [0.2, 0.25) is 0 Å². The topological polar surface area (TPSA) is 59.3 Å². The van der Waals surface area contributed by atoms with E-state index in [0.717, 1.165) is 36.4 Å². The Morgan fingerprint density at radius 2 is 1.54 bits per heavy atom. The molecule has 0 saturated carbocycles. The van der Waals surface area contributed by atoms with E-state index in [9.17, 15) is 35.8 Å². The van der Waals surface area contributed by atoms with Crippen molar-refractivity contribution in [1.29, 1.82) is 0 Å². The van der Waals surface area contributed by atoms with E-state index in [4.69, 9.17) is 0 Å². The number of hydrogen-bond donors (Lipinski definition) is 2. The van der Waals surface area contributed by atoms with Crippen molar-refractivity contribution >= 4 is 16.6 Å². The number of nitrogens with one attached hydrogen (secondary N) is 1. The van der Waals surface area contributed by atoms with Gasteiger partial charge in [0.1, 0.15) is 11.6 Å². The van der Waals surface area contributed by atoms with Gasteiger partial charge in [0, 0.05) is 11.1 Å². The molecule has 0 amide bonds. The molecule has 0 aliphatic rings. The van der Waals surface area contributed by atoms with Crippen LogP contribution in [0.1, 0.15) is 5.56 Å². The van der Waals surface area contributed by atoms with E-state index in [1.807, 2.05) is 0 Å². The van der Waals surface area contributed by atoms with Gasteiger partial charge in [0.2, 0.25) is 5.60 Å². The molecule has 0 spiro atoms. The molecule has 1 unspecified atom stereocenters. The molecule has 0 fully saturated rings. The number of anilines is 1. The second-order valence-electron chi connectivity index (χ2n) is 7.59. The van der Waals surface area contributed by atoms with Gasteiger partial charge in [0.25, 0.3) is 0 Å². The second kappa shape index (κ2) is 8.77. The third-order valence-electron chi connectivity index (χ3n) is 5.22. The standard InChI is InChI=1S/C23H16F7N3O2/c24-16-2-6-18(7-3-16)33-20-10-1-15(11-14(20)12-32-33)21(34,22(25,26)27)13-31-17-4-8-19(9-5-17)35-23(28,29)30/h1-12,31,34H,13H2. The molecule has 0 aliphatic heterocycles. The van der Waals surface area contributed by atoms with Gasteiger partial charge in [-0.1, -0.05) is 6.07 Å².